The SMILES string of the molecule is CNC(=O)c1ccc(N2CCOc3cc(C(=O)N4CC=CCC4)ccc32)cc1OC. The highest BCUT2D eigenvalue weighted by Crippen LogP contribution is 2.39. The van der Waals surface area contributed by atoms with Crippen molar-refractivity contribution in [3.8, 4) is 11.5 Å². The van der Waals surface area contributed by atoms with E-state index in [2.05, 4.69) is 16.3 Å². The zero-order valence-electron chi connectivity index (χ0n) is 17.2. The van der Waals surface area contributed by atoms with Gasteiger partial charge in [-0.1, -0.05) is 12.2 Å². The number of rotatable bonds is 4. The van der Waals surface area contributed by atoms with Crippen molar-refractivity contribution in [2.45, 2.75) is 6.42 Å². The van der Waals surface area contributed by atoms with Crippen LogP contribution in [0.3, 0.4) is 0 Å². The number of hydrogen-bond donors (Lipinski definition) is 1. The van der Waals surface area contributed by atoms with Crippen LogP contribution in [-0.4, -0.2) is 57.1 Å². The fourth-order valence-electron chi connectivity index (χ4n) is 3.80. The van der Waals surface area contributed by atoms with Gasteiger partial charge in [0.1, 0.15) is 18.1 Å². The van der Waals surface area contributed by atoms with E-state index in [-0.39, 0.29) is 11.8 Å². The molecule has 1 N–H and O–H groups in total. The molecule has 2 aromatic rings. The average molecular weight is 407 g/mol. The first-order valence-corrected chi connectivity index (χ1v) is 10.0. The van der Waals surface area contributed by atoms with Crippen molar-refractivity contribution in [2.24, 2.45) is 0 Å². The lowest BCUT2D eigenvalue weighted by atomic mass is 10.1. The molecular formula is C23H25N3O4. The van der Waals surface area contributed by atoms with E-state index in [9.17, 15) is 9.59 Å². The molecule has 0 unspecified atom stereocenters. The van der Waals surface area contributed by atoms with Crippen molar-refractivity contribution >= 4 is 23.2 Å². The van der Waals surface area contributed by atoms with Gasteiger partial charge in [-0.3, -0.25) is 9.59 Å². The zero-order valence-corrected chi connectivity index (χ0v) is 17.2. The molecule has 2 heterocycles. The molecule has 0 bridgehead atoms. The van der Waals surface area contributed by atoms with Gasteiger partial charge in [0.2, 0.25) is 0 Å². The lowest BCUT2D eigenvalue weighted by Crippen LogP contribution is -2.34. The average Bonchev–Trinajstić information content (AvgIpc) is 2.82. The molecule has 4 rings (SSSR count). The van der Waals surface area contributed by atoms with E-state index in [1.165, 1.54) is 0 Å². The largest absolute Gasteiger partial charge is 0.496 e. The van der Waals surface area contributed by atoms with Gasteiger partial charge < -0.3 is 24.6 Å². The van der Waals surface area contributed by atoms with Crippen molar-refractivity contribution in [3.05, 3.63) is 59.7 Å². The van der Waals surface area contributed by atoms with E-state index in [4.69, 9.17) is 9.47 Å². The Hall–Kier alpha value is -3.48. The van der Waals surface area contributed by atoms with Crippen molar-refractivity contribution in [1.29, 1.82) is 0 Å². The first-order chi connectivity index (χ1) is 14.6. The summed E-state index contributed by atoms with van der Waals surface area (Å²) in [6.07, 6.45) is 5.00. The summed E-state index contributed by atoms with van der Waals surface area (Å²) in [5.74, 6) is 0.995. The third kappa shape index (κ3) is 3.70. The molecule has 7 heteroatoms. The van der Waals surface area contributed by atoms with E-state index < -0.39 is 0 Å². The maximum absolute atomic E-state index is 12.8. The summed E-state index contributed by atoms with van der Waals surface area (Å²) in [7, 11) is 3.14. The first kappa shape index (κ1) is 19.8. The second kappa shape index (κ2) is 8.49. The van der Waals surface area contributed by atoms with Crippen molar-refractivity contribution < 1.29 is 19.1 Å². The molecule has 0 spiro atoms. The van der Waals surface area contributed by atoms with Gasteiger partial charge in [-0.15, -0.1) is 0 Å². The number of amides is 2. The number of nitrogens with one attached hydrogen (secondary N) is 1. The van der Waals surface area contributed by atoms with Crippen LogP contribution in [0, 0.1) is 0 Å². The number of nitrogens with zero attached hydrogens (tertiary/aromatic N) is 2. The molecule has 7 nitrogen and oxygen atoms in total. The number of carbonyl (C=O) groups excluding carboxylic acids is 2. The number of fused-ring (bicyclic) bond motifs is 1. The second-order valence-electron chi connectivity index (χ2n) is 7.16. The number of benzene rings is 2. The molecule has 2 aliphatic rings. The Morgan fingerprint density at radius 3 is 2.70 bits per heavy atom. The van der Waals surface area contributed by atoms with E-state index in [1.54, 1.807) is 20.2 Å². The predicted molar refractivity (Wildman–Crippen MR) is 115 cm³/mol. The summed E-state index contributed by atoms with van der Waals surface area (Å²) < 4.78 is 11.3. The van der Waals surface area contributed by atoms with Crippen LogP contribution < -0.4 is 19.7 Å². The Morgan fingerprint density at radius 1 is 1.10 bits per heavy atom. The van der Waals surface area contributed by atoms with Gasteiger partial charge in [0.25, 0.3) is 11.8 Å². The molecule has 0 aromatic heterocycles. The van der Waals surface area contributed by atoms with Crippen LogP contribution in [-0.2, 0) is 0 Å². The van der Waals surface area contributed by atoms with Crippen LogP contribution in [0.5, 0.6) is 11.5 Å². The number of ether oxygens (including phenoxy) is 2. The lowest BCUT2D eigenvalue weighted by molar-refractivity contribution is 0.0770. The molecule has 0 saturated carbocycles. The molecule has 0 aliphatic carbocycles. The number of carbonyl (C=O) groups is 2. The summed E-state index contributed by atoms with van der Waals surface area (Å²) in [4.78, 5) is 28.8. The molecule has 0 saturated heterocycles. The van der Waals surface area contributed by atoms with Crippen molar-refractivity contribution in [2.75, 3.05) is 45.3 Å². The fraction of sp³-hybridized carbons (Fsp3) is 0.304. The Morgan fingerprint density at radius 2 is 1.97 bits per heavy atom. The Kier molecular flexibility index (Phi) is 5.61. The predicted octanol–water partition coefficient (Wildman–Crippen LogP) is 2.99. The fourth-order valence-corrected chi connectivity index (χ4v) is 3.80. The van der Waals surface area contributed by atoms with Crippen LogP contribution in [0.1, 0.15) is 27.1 Å². The second-order valence-corrected chi connectivity index (χ2v) is 7.16. The summed E-state index contributed by atoms with van der Waals surface area (Å²) >= 11 is 0. The van der Waals surface area contributed by atoms with Gasteiger partial charge in [-0.2, -0.15) is 0 Å². The maximum atomic E-state index is 12.8. The zero-order chi connectivity index (χ0) is 21.1. The van der Waals surface area contributed by atoms with Crippen molar-refractivity contribution in [1.82, 2.24) is 10.2 Å². The highest BCUT2D eigenvalue weighted by molar-refractivity contribution is 5.98. The van der Waals surface area contributed by atoms with Crippen LogP contribution in [0.4, 0.5) is 11.4 Å². The summed E-state index contributed by atoms with van der Waals surface area (Å²) in [5, 5.41) is 2.62. The lowest BCUT2D eigenvalue weighted by Gasteiger charge is -2.32. The molecule has 2 aliphatic heterocycles. The van der Waals surface area contributed by atoms with E-state index in [0.717, 1.165) is 24.3 Å². The van der Waals surface area contributed by atoms with Crippen LogP contribution in [0.25, 0.3) is 0 Å². The molecule has 30 heavy (non-hydrogen) atoms. The molecule has 2 amide bonds. The van der Waals surface area contributed by atoms with Gasteiger partial charge in [0, 0.05) is 37.5 Å². The van der Waals surface area contributed by atoms with Gasteiger partial charge in [-0.05, 0) is 36.8 Å². The van der Waals surface area contributed by atoms with Gasteiger partial charge in [-0.25, -0.2) is 0 Å². The minimum atomic E-state index is -0.198. The molecule has 0 radical (unpaired) electrons. The molecule has 0 atom stereocenters. The minimum absolute atomic E-state index is 0.0134. The summed E-state index contributed by atoms with van der Waals surface area (Å²) in [6, 6.07) is 11.1. The molecule has 0 fully saturated rings. The molecule has 156 valence electrons. The quantitative estimate of drug-likeness (QED) is 0.789. The number of methoxy groups -OCH3 is 1. The first-order valence-electron chi connectivity index (χ1n) is 10.0. The minimum Gasteiger partial charge on any atom is -0.496 e. The Balaban J connectivity index is 1.63. The monoisotopic (exact) mass is 407 g/mol. The normalized spacial score (nSPS) is 15.3. The topological polar surface area (TPSA) is 71.1 Å². The maximum Gasteiger partial charge on any atom is 0.254 e. The summed E-state index contributed by atoms with van der Waals surface area (Å²) in [6.45, 7) is 2.52. The smallest absolute Gasteiger partial charge is 0.254 e. The Bertz CT molecular complexity index is 1000. The third-order valence-corrected chi connectivity index (χ3v) is 5.38. The van der Waals surface area contributed by atoms with Crippen molar-refractivity contribution in [3.63, 3.8) is 0 Å². The van der Waals surface area contributed by atoms with E-state index in [0.29, 0.717) is 42.3 Å². The van der Waals surface area contributed by atoms with Crippen LogP contribution in [0.15, 0.2) is 48.6 Å². The number of anilines is 2. The van der Waals surface area contributed by atoms with E-state index >= 15 is 0 Å². The van der Waals surface area contributed by atoms with Crippen LogP contribution in [0.2, 0.25) is 0 Å². The third-order valence-electron chi connectivity index (χ3n) is 5.38. The Labute approximate surface area is 175 Å². The summed E-state index contributed by atoms with van der Waals surface area (Å²) in [5.41, 5.74) is 2.88. The molecule has 2 aromatic carbocycles. The molecular weight excluding hydrogens is 382 g/mol. The van der Waals surface area contributed by atoms with Gasteiger partial charge >= 0.3 is 0 Å². The van der Waals surface area contributed by atoms with Gasteiger partial charge in [0.15, 0.2) is 0 Å². The highest BCUT2D eigenvalue weighted by atomic mass is 16.5. The van der Waals surface area contributed by atoms with E-state index in [1.807, 2.05) is 41.3 Å². The standard InChI is InChI=1S/C23H25N3O4/c1-24-22(27)18-8-7-17(15-20(18)29-2)26-12-13-30-21-14-16(6-9-19(21)26)23(28)25-10-4-3-5-11-25/h3-4,6-9,14-15H,5,10-13H2,1-2H3,(H,24,27). The van der Waals surface area contributed by atoms with Gasteiger partial charge in [0.05, 0.1) is 24.9 Å². The number of hydrogen-bond acceptors (Lipinski definition) is 5. The van der Waals surface area contributed by atoms with Crippen LogP contribution >= 0.6 is 0 Å². The highest BCUT2D eigenvalue weighted by Gasteiger charge is 2.24.